The predicted molar refractivity (Wildman–Crippen MR) is 86.7 cm³/mol. The largest absolute Gasteiger partial charge is 0.376 e. The van der Waals surface area contributed by atoms with E-state index in [4.69, 9.17) is 9.72 Å². The summed E-state index contributed by atoms with van der Waals surface area (Å²) in [5.41, 5.74) is 1.40. The summed E-state index contributed by atoms with van der Waals surface area (Å²) in [6, 6.07) is 0. The van der Waals surface area contributed by atoms with Gasteiger partial charge in [0.05, 0.1) is 18.0 Å². The molecule has 1 saturated heterocycles. The molecule has 1 fully saturated rings. The molecule has 112 valence electrons. The van der Waals surface area contributed by atoms with Crippen LogP contribution < -0.4 is 5.56 Å². The van der Waals surface area contributed by atoms with Gasteiger partial charge in [0.2, 0.25) is 0 Å². The van der Waals surface area contributed by atoms with Gasteiger partial charge in [0, 0.05) is 11.5 Å². The van der Waals surface area contributed by atoms with Crippen molar-refractivity contribution >= 4 is 33.3 Å². The molecule has 21 heavy (non-hydrogen) atoms. The lowest BCUT2D eigenvalue weighted by atomic mass is 10.2. The van der Waals surface area contributed by atoms with Crippen LogP contribution in [0.2, 0.25) is 0 Å². The highest BCUT2D eigenvalue weighted by atomic mass is 32.2. The van der Waals surface area contributed by atoms with Crippen molar-refractivity contribution in [3.05, 3.63) is 20.8 Å². The van der Waals surface area contributed by atoms with Crippen LogP contribution in [0.25, 0.3) is 10.2 Å². The van der Waals surface area contributed by atoms with Gasteiger partial charge in [0.1, 0.15) is 4.83 Å². The van der Waals surface area contributed by atoms with E-state index < -0.39 is 0 Å². The fraction of sp³-hybridized carbons (Fsp3) is 0.600. The Balaban J connectivity index is 1.87. The second kappa shape index (κ2) is 5.41. The average Bonchev–Trinajstić information content (AvgIpc) is 3.17. The summed E-state index contributed by atoms with van der Waals surface area (Å²) in [4.78, 5) is 20.0. The Hall–Kier alpha value is -0.850. The number of nitrogens with zero attached hydrogens (tertiary/aromatic N) is 2. The molecule has 0 amide bonds. The van der Waals surface area contributed by atoms with Crippen molar-refractivity contribution in [1.29, 1.82) is 0 Å². The first-order valence-corrected chi connectivity index (χ1v) is 9.52. The Kier molecular flexibility index (Phi) is 3.55. The molecular formula is C15H18N2O2S2. The van der Waals surface area contributed by atoms with Crippen LogP contribution >= 0.6 is 23.1 Å². The van der Waals surface area contributed by atoms with Gasteiger partial charge < -0.3 is 4.74 Å². The summed E-state index contributed by atoms with van der Waals surface area (Å²) in [5.74, 6) is 0. The SMILES string of the molecule is CSc1nc2sc3c(c2c(=O)n1C[C@H]1CCCO1)CCC3. The maximum Gasteiger partial charge on any atom is 0.263 e. The normalized spacial score (nSPS) is 21.3. The topological polar surface area (TPSA) is 44.1 Å². The van der Waals surface area contributed by atoms with Crippen LogP contribution in [-0.2, 0) is 24.1 Å². The Morgan fingerprint density at radius 2 is 2.33 bits per heavy atom. The van der Waals surface area contributed by atoms with Gasteiger partial charge in [-0.25, -0.2) is 4.98 Å². The second-order valence-corrected chi connectivity index (χ2v) is 7.54. The monoisotopic (exact) mass is 322 g/mol. The number of thioether (sulfide) groups is 1. The maximum atomic E-state index is 13.0. The first-order valence-electron chi connectivity index (χ1n) is 7.48. The smallest absolute Gasteiger partial charge is 0.263 e. The molecule has 2 aliphatic rings. The van der Waals surface area contributed by atoms with Crippen LogP contribution in [0.4, 0.5) is 0 Å². The zero-order valence-corrected chi connectivity index (χ0v) is 13.7. The van der Waals surface area contributed by atoms with Crippen molar-refractivity contribution in [1.82, 2.24) is 9.55 Å². The van der Waals surface area contributed by atoms with Crippen LogP contribution in [-0.4, -0.2) is 28.5 Å². The summed E-state index contributed by atoms with van der Waals surface area (Å²) < 4.78 is 7.54. The third-order valence-electron chi connectivity index (χ3n) is 4.38. The Bertz CT molecular complexity index is 744. The number of rotatable bonds is 3. The summed E-state index contributed by atoms with van der Waals surface area (Å²) in [6.45, 7) is 1.46. The lowest BCUT2D eigenvalue weighted by molar-refractivity contribution is 0.0937. The number of aromatic nitrogens is 2. The molecule has 0 unspecified atom stereocenters. The van der Waals surface area contributed by atoms with Gasteiger partial charge >= 0.3 is 0 Å². The number of aryl methyl sites for hydroxylation is 2. The number of fused-ring (bicyclic) bond motifs is 3. The Morgan fingerprint density at radius 3 is 3.10 bits per heavy atom. The molecule has 0 aromatic carbocycles. The molecule has 2 aromatic heterocycles. The van der Waals surface area contributed by atoms with E-state index in [0.29, 0.717) is 6.54 Å². The molecule has 0 bridgehead atoms. The van der Waals surface area contributed by atoms with E-state index in [1.54, 1.807) is 23.1 Å². The molecule has 0 N–H and O–H groups in total. The number of thiophene rings is 1. The molecule has 6 heteroatoms. The van der Waals surface area contributed by atoms with Crippen molar-refractivity contribution in [3.8, 4) is 0 Å². The number of hydrogen-bond donors (Lipinski definition) is 0. The van der Waals surface area contributed by atoms with Gasteiger partial charge in [-0.1, -0.05) is 11.8 Å². The van der Waals surface area contributed by atoms with Crippen molar-refractivity contribution in [3.63, 3.8) is 0 Å². The van der Waals surface area contributed by atoms with Crippen LogP contribution in [0.15, 0.2) is 9.95 Å². The molecule has 0 radical (unpaired) electrons. The van der Waals surface area contributed by atoms with Crippen LogP contribution in [0.5, 0.6) is 0 Å². The minimum Gasteiger partial charge on any atom is -0.376 e. The predicted octanol–water partition coefficient (Wildman–Crippen LogP) is 2.85. The van der Waals surface area contributed by atoms with Crippen molar-refractivity contribution in [2.24, 2.45) is 0 Å². The molecule has 4 rings (SSSR count). The molecule has 0 spiro atoms. The van der Waals surface area contributed by atoms with Crippen LogP contribution in [0, 0.1) is 0 Å². The zero-order valence-electron chi connectivity index (χ0n) is 12.1. The zero-order chi connectivity index (χ0) is 14.4. The Labute approximate surface area is 131 Å². The lowest BCUT2D eigenvalue weighted by Gasteiger charge is -2.15. The molecular weight excluding hydrogens is 304 g/mol. The second-order valence-electron chi connectivity index (χ2n) is 5.69. The van der Waals surface area contributed by atoms with Crippen molar-refractivity contribution in [2.75, 3.05) is 12.9 Å². The third-order valence-corrected chi connectivity index (χ3v) is 6.25. The summed E-state index contributed by atoms with van der Waals surface area (Å²) in [5, 5.41) is 1.70. The average molecular weight is 322 g/mol. The molecule has 1 aliphatic heterocycles. The van der Waals surface area contributed by atoms with Gasteiger partial charge in [-0.3, -0.25) is 9.36 Å². The summed E-state index contributed by atoms with van der Waals surface area (Å²) >= 11 is 3.26. The summed E-state index contributed by atoms with van der Waals surface area (Å²) in [6.07, 6.45) is 7.60. The highest BCUT2D eigenvalue weighted by Gasteiger charge is 2.25. The van der Waals surface area contributed by atoms with Gasteiger partial charge in [0.25, 0.3) is 5.56 Å². The molecule has 2 aromatic rings. The van der Waals surface area contributed by atoms with E-state index in [0.717, 1.165) is 47.7 Å². The minimum atomic E-state index is 0.138. The van der Waals surface area contributed by atoms with E-state index in [1.807, 2.05) is 10.8 Å². The lowest BCUT2D eigenvalue weighted by Crippen LogP contribution is -2.28. The fourth-order valence-electron chi connectivity index (χ4n) is 3.37. The molecule has 0 saturated carbocycles. The highest BCUT2D eigenvalue weighted by molar-refractivity contribution is 7.98. The van der Waals surface area contributed by atoms with Crippen LogP contribution in [0.1, 0.15) is 29.7 Å². The van der Waals surface area contributed by atoms with E-state index in [2.05, 4.69) is 0 Å². The molecule has 3 heterocycles. The van der Waals surface area contributed by atoms with Gasteiger partial charge in [0.15, 0.2) is 5.16 Å². The fourth-order valence-corrected chi connectivity index (χ4v) is 5.24. The van der Waals surface area contributed by atoms with Crippen LogP contribution in [0.3, 0.4) is 0 Å². The maximum absolute atomic E-state index is 13.0. The van der Waals surface area contributed by atoms with Crippen molar-refractivity contribution in [2.45, 2.75) is 49.9 Å². The number of hydrogen-bond acceptors (Lipinski definition) is 5. The number of ether oxygens (including phenoxy) is 1. The van der Waals surface area contributed by atoms with E-state index >= 15 is 0 Å². The minimum absolute atomic E-state index is 0.138. The van der Waals surface area contributed by atoms with Crippen molar-refractivity contribution < 1.29 is 4.74 Å². The molecule has 1 aliphatic carbocycles. The molecule has 4 nitrogen and oxygen atoms in total. The van der Waals surface area contributed by atoms with E-state index in [1.165, 1.54) is 16.9 Å². The first kappa shape index (κ1) is 13.8. The third kappa shape index (κ3) is 2.24. The van der Waals surface area contributed by atoms with Gasteiger partial charge in [-0.15, -0.1) is 11.3 Å². The Morgan fingerprint density at radius 1 is 1.43 bits per heavy atom. The first-order chi connectivity index (χ1) is 10.3. The highest BCUT2D eigenvalue weighted by Crippen LogP contribution is 2.35. The van der Waals surface area contributed by atoms with Gasteiger partial charge in [-0.05, 0) is 43.9 Å². The van der Waals surface area contributed by atoms with E-state index in [9.17, 15) is 4.79 Å². The summed E-state index contributed by atoms with van der Waals surface area (Å²) in [7, 11) is 0. The van der Waals surface area contributed by atoms with E-state index in [-0.39, 0.29) is 11.7 Å². The standard InChI is InChI=1S/C15H18N2O2S2/c1-20-15-16-13-12(10-5-2-6-11(10)21-13)14(18)17(15)8-9-4-3-7-19-9/h9H,2-8H2,1H3/t9-/m1/s1. The molecule has 1 atom stereocenters. The van der Waals surface area contributed by atoms with Gasteiger partial charge in [-0.2, -0.15) is 0 Å². The quantitative estimate of drug-likeness (QED) is 0.644.